The van der Waals surface area contributed by atoms with Crippen molar-refractivity contribution in [3.63, 3.8) is 0 Å². The second kappa shape index (κ2) is 8.49. The number of hydrogen-bond acceptors (Lipinski definition) is 7. The maximum absolute atomic E-state index is 12.9. The van der Waals surface area contributed by atoms with E-state index >= 15 is 0 Å². The maximum atomic E-state index is 12.9. The van der Waals surface area contributed by atoms with E-state index in [9.17, 15) is 14.4 Å². The summed E-state index contributed by atoms with van der Waals surface area (Å²) >= 11 is 0. The molecule has 1 aromatic carbocycles. The van der Waals surface area contributed by atoms with Crippen LogP contribution >= 0.6 is 0 Å². The highest BCUT2D eigenvalue weighted by Crippen LogP contribution is 2.28. The van der Waals surface area contributed by atoms with Crippen molar-refractivity contribution in [1.29, 1.82) is 0 Å². The summed E-state index contributed by atoms with van der Waals surface area (Å²) in [6, 6.07) is 5.29. The molecule has 0 spiro atoms. The first-order valence-corrected chi connectivity index (χ1v) is 10.4. The number of nitrogens with one attached hydrogen (secondary N) is 3. The first kappa shape index (κ1) is 22.2. The molecular weight excluding hydrogens is 426 g/mol. The van der Waals surface area contributed by atoms with Crippen LogP contribution in [-0.4, -0.2) is 44.1 Å². The molecule has 4 rings (SSSR count). The first-order valence-electron chi connectivity index (χ1n) is 10.4. The molecule has 0 atom stereocenters. The van der Waals surface area contributed by atoms with Gasteiger partial charge in [-0.15, -0.1) is 0 Å². The molecule has 0 unspecified atom stereocenters. The van der Waals surface area contributed by atoms with E-state index in [0.29, 0.717) is 28.9 Å². The molecule has 2 aromatic heterocycles. The van der Waals surface area contributed by atoms with Crippen LogP contribution in [0.25, 0.3) is 11.0 Å². The summed E-state index contributed by atoms with van der Waals surface area (Å²) in [6.07, 6.45) is 1.58. The number of rotatable bonds is 5. The Bertz CT molecular complexity index is 1260. The van der Waals surface area contributed by atoms with Crippen LogP contribution in [0.1, 0.15) is 43.2 Å². The number of benzene rings is 1. The first-order chi connectivity index (χ1) is 15.6. The zero-order chi connectivity index (χ0) is 23.8. The van der Waals surface area contributed by atoms with Crippen molar-refractivity contribution in [2.45, 2.75) is 33.7 Å². The van der Waals surface area contributed by atoms with Gasteiger partial charge in [-0.1, -0.05) is 26.8 Å². The molecule has 11 nitrogen and oxygen atoms in total. The van der Waals surface area contributed by atoms with Crippen LogP contribution in [0.3, 0.4) is 0 Å². The summed E-state index contributed by atoms with van der Waals surface area (Å²) in [7, 11) is 1.66. The Morgan fingerprint density at radius 2 is 2.03 bits per heavy atom. The van der Waals surface area contributed by atoms with Gasteiger partial charge in [-0.3, -0.25) is 19.1 Å². The number of carbonyl (C=O) groups excluding carboxylic acids is 3. The molecule has 3 N–H and O–H groups in total. The Hall–Kier alpha value is -4.02. The van der Waals surface area contributed by atoms with E-state index in [0.717, 1.165) is 5.56 Å². The van der Waals surface area contributed by atoms with Crippen LogP contribution in [-0.2, 0) is 23.2 Å². The summed E-state index contributed by atoms with van der Waals surface area (Å²) in [5, 5.41) is 12.7. The van der Waals surface area contributed by atoms with Gasteiger partial charge >= 0.3 is 0 Å². The Labute approximate surface area is 189 Å². The molecule has 0 bridgehead atoms. The van der Waals surface area contributed by atoms with Crippen LogP contribution in [0.5, 0.6) is 5.75 Å². The topological polar surface area (TPSA) is 140 Å². The van der Waals surface area contributed by atoms with Crippen molar-refractivity contribution in [3.8, 4) is 5.75 Å². The number of anilines is 2. The summed E-state index contributed by atoms with van der Waals surface area (Å²) in [6.45, 7) is 6.10. The molecule has 11 heteroatoms. The van der Waals surface area contributed by atoms with Crippen LogP contribution in [0.15, 0.2) is 24.5 Å². The van der Waals surface area contributed by atoms with Gasteiger partial charge in [0.15, 0.2) is 18.1 Å². The lowest BCUT2D eigenvalue weighted by atomic mass is 9.92. The number of ether oxygens (including phenoxy) is 1. The van der Waals surface area contributed by atoms with Crippen LogP contribution < -0.4 is 20.7 Å². The fourth-order valence-corrected chi connectivity index (χ4v) is 3.52. The average molecular weight is 451 g/mol. The predicted octanol–water partition coefficient (Wildman–Crippen LogP) is 2.00. The van der Waals surface area contributed by atoms with E-state index in [4.69, 9.17) is 4.74 Å². The fourth-order valence-electron chi connectivity index (χ4n) is 3.52. The molecule has 172 valence electrons. The molecule has 1 aliphatic heterocycles. The number of aromatic nitrogens is 4. The van der Waals surface area contributed by atoms with E-state index in [1.165, 1.54) is 11.0 Å². The van der Waals surface area contributed by atoms with E-state index in [2.05, 4.69) is 31.0 Å². The number of fused-ring (bicyclic) bond motifs is 2. The molecule has 0 fully saturated rings. The Morgan fingerprint density at radius 1 is 1.24 bits per heavy atom. The third-order valence-corrected chi connectivity index (χ3v) is 4.91. The molecule has 1 aliphatic rings. The van der Waals surface area contributed by atoms with Gasteiger partial charge in [-0.25, -0.2) is 9.97 Å². The molecule has 0 radical (unpaired) electrons. The van der Waals surface area contributed by atoms with Gasteiger partial charge in [0.05, 0.1) is 5.69 Å². The van der Waals surface area contributed by atoms with Crippen molar-refractivity contribution in [3.05, 3.63) is 35.8 Å². The zero-order valence-corrected chi connectivity index (χ0v) is 18.9. The summed E-state index contributed by atoms with van der Waals surface area (Å²) < 4.78 is 6.82. The minimum Gasteiger partial charge on any atom is -0.482 e. The molecule has 3 heterocycles. The standard InChI is InChI=1S/C22H25N7O4/c1-22(2,3)8-15(30)27-20-17-19(29(4)28-20)18(25-11-24-17)21(32)23-9-12-5-6-14-13(7-12)26-16(31)10-33-14/h5-7,11H,8-10H2,1-4H3,(H,23,32)(H,26,31)(H,27,28,30). The molecule has 0 aliphatic carbocycles. The van der Waals surface area contributed by atoms with Crippen LogP contribution in [0, 0.1) is 5.41 Å². The van der Waals surface area contributed by atoms with Crippen molar-refractivity contribution < 1.29 is 19.1 Å². The number of amides is 3. The van der Waals surface area contributed by atoms with Crippen molar-refractivity contribution in [1.82, 2.24) is 25.1 Å². The molecular formula is C22H25N7O4. The molecule has 0 saturated heterocycles. The van der Waals surface area contributed by atoms with Gasteiger partial charge in [0.1, 0.15) is 23.1 Å². The Balaban J connectivity index is 1.52. The van der Waals surface area contributed by atoms with Gasteiger partial charge < -0.3 is 20.7 Å². The number of nitrogens with zero attached hydrogens (tertiary/aromatic N) is 4. The number of carbonyl (C=O) groups is 3. The average Bonchev–Trinajstić information content (AvgIpc) is 3.05. The van der Waals surface area contributed by atoms with Crippen molar-refractivity contribution >= 4 is 40.3 Å². The van der Waals surface area contributed by atoms with E-state index in [-0.39, 0.29) is 41.9 Å². The van der Waals surface area contributed by atoms with E-state index in [1.807, 2.05) is 20.8 Å². The Kier molecular flexibility index (Phi) is 5.71. The lowest BCUT2D eigenvalue weighted by molar-refractivity contribution is -0.119. The quantitative estimate of drug-likeness (QED) is 0.539. The monoisotopic (exact) mass is 451 g/mol. The van der Waals surface area contributed by atoms with Crippen LogP contribution in [0.2, 0.25) is 0 Å². The Morgan fingerprint density at radius 3 is 2.79 bits per heavy atom. The summed E-state index contributed by atoms with van der Waals surface area (Å²) in [4.78, 5) is 45.2. The predicted molar refractivity (Wildman–Crippen MR) is 121 cm³/mol. The third-order valence-electron chi connectivity index (χ3n) is 4.91. The van der Waals surface area contributed by atoms with Crippen molar-refractivity contribution in [2.75, 3.05) is 17.2 Å². The fraction of sp³-hybridized carbons (Fsp3) is 0.364. The lowest BCUT2D eigenvalue weighted by Crippen LogP contribution is -2.26. The highest BCUT2D eigenvalue weighted by atomic mass is 16.5. The zero-order valence-electron chi connectivity index (χ0n) is 18.9. The van der Waals surface area contributed by atoms with Crippen LogP contribution in [0.4, 0.5) is 11.5 Å². The maximum Gasteiger partial charge on any atom is 0.272 e. The number of hydrogen-bond donors (Lipinski definition) is 3. The summed E-state index contributed by atoms with van der Waals surface area (Å²) in [5.41, 5.74) is 2.09. The van der Waals surface area contributed by atoms with Gasteiger partial charge in [0.25, 0.3) is 11.8 Å². The van der Waals surface area contributed by atoms with E-state index in [1.54, 1.807) is 25.2 Å². The van der Waals surface area contributed by atoms with Gasteiger partial charge in [0, 0.05) is 20.0 Å². The van der Waals surface area contributed by atoms with Gasteiger partial charge in [-0.2, -0.15) is 5.10 Å². The molecule has 33 heavy (non-hydrogen) atoms. The summed E-state index contributed by atoms with van der Waals surface area (Å²) in [5.74, 6) is 0.0296. The van der Waals surface area contributed by atoms with Gasteiger partial charge in [0.2, 0.25) is 5.91 Å². The van der Waals surface area contributed by atoms with Gasteiger partial charge in [-0.05, 0) is 23.1 Å². The SMILES string of the molecule is Cn1nc(NC(=O)CC(C)(C)C)c2ncnc(C(=O)NCc3ccc4c(c3)NC(=O)CO4)c21. The second-order valence-electron chi connectivity index (χ2n) is 9.03. The normalized spacial score (nSPS) is 13.2. The minimum atomic E-state index is -0.420. The molecule has 3 aromatic rings. The molecule has 3 amide bonds. The minimum absolute atomic E-state index is 0.0177. The van der Waals surface area contributed by atoms with E-state index < -0.39 is 5.91 Å². The third kappa shape index (κ3) is 4.92. The lowest BCUT2D eigenvalue weighted by Gasteiger charge is -2.18. The smallest absolute Gasteiger partial charge is 0.272 e. The second-order valence-corrected chi connectivity index (χ2v) is 9.03. The highest BCUT2D eigenvalue weighted by molar-refractivity contribution is 6.07. The molecule has 0 saturated carbocycles. The van der Waals surface area contributed by atoms with Crippen molar-refractivity contribution in [2.24, 2.45) is 12.5 Å². The highest BCUT2D eigenvalue weighted by Gasteiger charge is 2.23. The number of aryl methyl sites for hydroxylation is 1. The largest absolute Gasteiger partial charge is 0.482 e.